The van der Waals surface area contributed by atoms with Crippen LogP contribution in [0.4, 0.5) is 5.69 Å². The Balaban J connectivity index is 1.71. The Morgan fingerprint density at radius 2 is 2.11 bits per heavy atom. The molecule has 1 aromatic heterocycles. The second-order valence-electron chi connectivity index (χ2n) is 5.40. The number of rotatable bonds is 5. The van der Waals surface area contributed by atoms with E-state index < -0.39 is 0 Å². The normalized spacial score (nSPS) is 15.1. The molecular weight excluding hydrogens is 236 g/mol. The molecular formula is C15H20N4. The van der Waals surface area contributed by atoms with Crippen LogP contribution in [0.25, 0.3) is 0 Å². The number of aryl methyl sites for hydroxylation is 1. The van der Waals surface area contributed by atoms with Crippen molar-refractivity contribution in [2.75, 3.05) is 5.73 Å². The van der Waals surface area contributed by atoms with Gasteiger partial charge in [-0.25, -0.2) is 0 Å². The van der Waals surface area contributed by atoms with E-state index in [9.17, 15) is 0 Å². The molecule has 0 saturated heterocycles. The topological polar surface area (TPSA) is 47.1 Å². The fourth-order valence-electron chi connectivity index (χ4n) is 2.47. The van der Waals surface area contributed by atoms with Crippen molar-refractivity contribution in [3.8, 4) is 0 Å². The minimum Gasteiger partial charge on any atom is -0.399 e. The highest BCUT2D eigenvalue weighted by atomic mass is 15.2. The summed E-state index contributed by atoms with van der Waals surface area (Å²) in [4.78, 5) is 2.52. The van der Waals surface area contributed by atoms with Gasteiger partial charge in [0.05, 0.1) is 6.20 Å². The van der Waals surface area contributed by atoms with E-state index >= 15 is 0 Å². The Kier molecular flexibility index (Phi) is 3.25. The van der Waals surface area contributed by atoms with Crippen LogP contribution in [0.2, 0.25) is 0 Å². The number of nitrogen functional groups attached to an aromatic ring is 1. The average molecular weight is 256 g/mol. The van der Waals surface area contributed by atoms with Crippen LogP contribution >= 0.6 is 0 Å². The maximum atomic E-state index is 5.85. The van der Waals surface area contributed by atoms with Crippen molar-refractivity contribution in [2.45, 2.75) is 32.0 Å². The van der Waals surface area contributed by atoms with Crippen molar-refractivity contribution in [3.63, 3.8) is 0 Å². The van der Waals surface area contributed by atoms with Crippen LogP contribution < -0.4 is 5.73 Å². The van der Waals surface area contributed by atoms with Crippen molar-refractivity contribution in [2.24, 2.45) is 7.05 Å². The zero-order valence-corrected chi connectivity index (χ0v) is 11.3. The predicted molar refractivity (Wildman–Crippen MR) is 76.3 cm³/mol. The second kappa shape index (κ2) is 5.05. The smallest absolute Gasteiger partial charge is 0.0534 e. The number of aromatic nitrogens is 2. The first-order chi connectivity index (χ1) is 9.20. The van der Waals surface area contributed by atoms with Gasteiger partial charge < -0.3 is 5.73 Å². The van der Waals surface area contributed by atoms with Gasteiger partial charge in [0, 0.05) is 43.6 Å². The molecule has 0 unspecified atom stereocenters. The van der Waals surface area contributed by atoms with Crippen LogP contribution in [-0.4, -0.2) is 20.7 Å². The molecule has 2 aromatic rings. The van der Waals surface area contributed by atoms with E-state index in [2.05, 4.69) is 28.3 Å². The van der Waals surface area contributed by atoms with E-state index in [1.54, 1.807) is 0 Å². The Bertz CT molecular complexity index is 557. The first-order valence-corrected chi connectivity index (χ1v) is 6.77. The number of hydrogen-bond acceptors (Lipinski definition) is 3. The molecule has 1 saturated carbocycles. The quantitative estimate of drug-likeness (QED) is 0.834. The van der Waals surface area contributed by atoms with Crippen LogP contribution in [0, 0.1) is 0 Å². The molecule has 3 rings (SSSR count). The lowest BCUT2D eigenvalue weighted by Crippen LogP contribution is -2.24. The van der Waals surface area contributed by atoms with E-state index in [-0.39, 0.29) is 0 Å². The minimum absolute atomic E-state index is 0.724. The van der Waals surface area contributed by atoms with Gasteiger partial charge in [-0.3, -0.25) is 9.58 Å². The maximum Gasteiger partial charge on any atom is 0.0534 e. The zero-order valence-electron chi connectivity index (χ0n) is 11.3. The molecule has 1 aliphatic carbocycles. The Hall–Kier alpha value is -1.81. The molecule has 0 bridgehead atoms. The SMILES string of the molecule is Cn1cc(CN(Cc2cccc(N)c2)C2CC2)cn1. The third-order valence-corrected chi connectivity index (χ3v) is 3.54. The summed E-state index contributed by atoms with van der Waals surface area (Å²) < 4.78 is 1.86. The first kappa shape index (κ1) is 12.2. The standard InChI is InChI=1S/C15H20N4/c1-18-9-13(8-17-18)11-19(15-5-6-15)10-12-3-2-4-14(16)7-12/h2-4,7-9,15H,5-6,10-11,16H2,1H3. The average Bonchev–Trinajstić information content (AvgIpc) is 3.13. The lowest BCUT2D eigenvalue weighted by Gasteiger charge is -2.21. The summed E-state index contributed by atoms with van der Waals surface area (Å²) in [5.41, 5.74) is 9.26. The summed E-state index contributed by atoms with van der Waals surface area (Å²) in [5.74, 6) is 0. The van der Waals surface area contributed by atoms with Gasteiger partial charge in [0.25, 0.3) is 0 Å². The third-order valence-electron chi connectivity index (χ3n) is 3.54. The summed E-state index contributed by atoms with van der Waals surface area (Å²) in [6.45, 7) is 1.93. The summed E-state index contributed by atoms with van der Waals surface area (Å²) in [5, 5.41) is 4.24. The van der Waals surface area contributed by atoms with Gasteiger partial charge in [-0.1, -0.05) is 12.1 Å². The highest BCUT2D eigenvalue weighted by Gasteiger charge is 2.29. The van der Waals surface area contributed by atoms with Gasteiger partial charge in [-0.15, -0.1) is 0 Å². The van der Waals surface area contributed by atoms with Gasteiger partial charge in [0.2, 0.25) is 0 Å². The summed E-state index contributed by atoms with van der Waals surface area (Å²) >= 11 is 0. The molecule has 1 aliphatic rings. The molecule has 1 heterocycles. The van der Waals surface area contributed by atoms with Gasteiger partial charge in [-0.2, -0.15) is 5.10 Å². The van der Waals surface area contributed by atoms with E-state index in [1.807, 2.05) is 30.1 Å². The Labute approximate surface area is 113 Å². The molecule has 0 radical (unpaired) electrons. The zero-order chi connectivity index (χ0) is 13.2. The lowest BCUT2D eigenvalue weighted by molar-refractivity contribution is 0.246. The fourth-order valence-corrected chi connectivity index (χ4v) is 2.47. The molecule has 0 amide bonds. The highest BCUT2D eigenvalue weighted by Crippen LogP contribution is 2.30. The number of hydrogen-bond donors (Lipinski definition) is 1. The monoisotopic (exact) mass is 256 g/mol. The molecule has 1 aromatic carbocycles. The highest BCUT2D eigenvalue weighted by molar-refractivity contribution is 5.40. The lowest BCUT2D eigenvalue weighted by atomic mass is 10.2. The molecule has 0 atom stereocenters. The number of anilines is 1. The molecule has 0 aliphatic heterocycles. The van der Waals surface area contributed by atoms with Crippen LogP contribution in [0.3, 0.4) is 0 Å². The molecule has 2 N–H and O–H groups in total. The summed E-state index contributed by atoms with van der Waals surface area (Å²) in [7, 11) is 1.96. The molecule has 4 heteroatoms. The van der Waals surface area contributed by atoms with Crippen molar-refractivity contribution < 1.29 is 0 Å². The van der Waals surface area contributed by atoms with Gasteiger partial charge in [-0.05, 0) is 30.5 Å². The van der Waals surface area contributed by atoms with Crippen LogP contribution in [0.15, 0.2) is 36.7 Å². The van der Waals surface area contributed by atoms with Gasteiger partial charge in [0.15, 0.2) is 0 Å². The fraction of sp³-hybridized carbons (Fsp3) is 0.400. The largest absolute Gasteiger partial charge is 0.399 e. The van der Waals surface area contributed by atoms with E-state index in [1.165, 1.54) is 24.0 Å². The third kappa shape index (κ3) is 3.15. The molecule has 4 nitrogen and oxygen atoms in total. The number of benzene rings is 1. The molecule has 0 spiro atoms. The summed E-state index contributed by atoms with van der Waals surface area (Å²) in [6.07, 6.45) is 6.66. The van der Waals surface area contributed by atoms with E-state index in [0.29, 0.717) is 0 Å². The van der Waals surface area contributed by atoms with E-state index in [4.69, 9.17) is 5.73 Å². The Morgan fingerprint density at radius 3 is 2.74 bits per heavy atom. The first-order valence-electron chi connectivity index (χ1n) is 6.77. The van der Waals surface area contributed by atoms with Gasteiger partial charge in [0.1, 0.15) is 0 Å². The number of nitrogens with two attached hydrogens (primary N) is 1. The van der Waals surface area contributed by atoms with Crippen molar-refractivity contribution in [1.29, 1.82) is 0 Å². The van der Waals surface area contributed by atoms with Crippen LogP contribution in [0.1, 0.15) is 24.0 Å². The van der Waals surface area contributed by atoms with Crippen molar-refractivity contribution in [3.05, 3.63) is 47.8 Å². The van der Waals surface area contributed by atoms with Crippen LogP contribution in [0.5, 0.6) is 0 Å². The predicted octanol–water partition coefficient (Wildman–Crippen LogP) is 2.17. The van der Waals surface area contributed by atoms with Crippen LogP contribution in [-0.2, 0) is 20.1 Å². The summed E-state index contributed by atoms with van der Waals surface area (Å²) in [6, 6.07) is 8.90. The number of nitrogens with zero attached hydrogens (tertiary/aromatic N) is 3. The van der Waals surface area contributed by atoms with E-state index in [0.717, 1.165) is 24.8 Å². The Morgan fingerprint density at radius 1 is 1.32 bits per heavy atom. The molecule has 19 heavy (non-hydrogen) atoms. The van der Waals surface area contributed by atoms with Crippen molar-refractivity contribution >= 4 is 5.69 Å². The molecule has 1 fully saturated rings. The minimum atomic E-state index is 0.724. The maximum absolute atomic E-state index is 5.85. The van der Waals surface area contributed by atoms with Gasteiger partial charge >= 0.3 is 0 Å². The van der Waals surface area contributed by atoms with Crippen molar-refractivity contribution in [1.82, 2.24) is 14.7 Å². The second-order valence-corrected chi connectivity index (χ2v) is 5.40. The molecule has 100 valence electrons.